The molecule has 0 unspecified atom stereocenters. The molecule has 1 aliphatic rings. The highest BCUT2D eigenvalue weighted by Gasteiger charge is 2.43. The fourth-order valence-corrected chi connectivity index (χ4v) is 3.35. The number of methoxy groups -OCH3 is 1. The van der Waals surface area contributed by atoms with Crippen LogP contribution in [0.5, 0.6) is 5.75 Å². The third kappa shape index (κ3) is 3.21. The van der Waals surface area contributed by atoms with E-state index in [1.165, 1.54) is 0 Å². The van der Waals surface area contributed by atoms with Crippen LogP contribution in [0.4, 0.5) is 0 Å². The van der Waals surface area contributed by atoms with Gasteiger partial charge in [0.25, 0.3) is 0 Å². The Hall–Kier alpha value is -1.55. The normalized spacial score (nSPS) is 17.7. The molecule has 0 atom stereocenters. The van der Waals surface area contributed by atoms with Crippen molar-refractivity contribution in [2.24, 2.45) is 0 Å². The van der Waals surface area contributed by atoms with Crippen LogP contribution in [-0.2, 0) is 16.8 Å². The van der Waals surface area contributed by atoms with E-state index in [0.717, 1.165) is 36.9 Å². The molecule has 0 aromatic heterocycles. The summed E-state index contributed by atoms with van der Waals surface area (Å²) in [6.07, 6.45) is 4.45. The Morgan fingerprint density at radius 3 is 2.48 bits per heavy atom. The van der Waals surface area contributed by atoms with E-state index in [9.17, 15) is 9.90 Å². The molecule has 2 rings (SSSR count). The molecular weight excluding hydrogens is 266 g/mol. The van der Waals surface area contributed by atoms with Gasteiger partial charge in [0, 0.05) is 12.1 Å². The predicted molar refractivity (Wildman–Crippen MR) is 82.8 cm³/mol. The van der Waals surface area contributed by atoms with Crippen molar-refractivity contribution in [1.29, 1.82) is 0 Å². The minimum absolute atomic E-state index is 0.696. The van der Waals surface area contributed by atoms with Crippen molar-refractivity contribution in [2.75, 3.05) is 21.2 Å². The van der Waals surface area contributed by atoms with Crippen molar-refractivity contribution in [1.82, 2.24) is 4.90 Å². The monoisotopic (exact) mass is 291 g/mol. The van der Waals surface area contributed by atoms with Gasteiger partial charge in [0.2, 0.25) is 0 Å². The number of hydrogen-bond donors (Lipinski definition) is 1. The highest BCUT2D eigenvalue weighted by molar-refractivity contribution is 5.82. The Morgan fingerprint density at radius 1 is 1.29 bits per heavy atom. The second-order valence-corrected chi connectivity index (χ2v) is 6.22. The summed E-state index contributed by atoms with van der Waals surface area (Å²) in [5.74, 6) is -0.0238. The van der Waals surface area contributed by atoms with Gasteiger partial charge in [-0.3, -0.25) is 4.79 Å². The molecule has 116 valence electrons. The van der Waals surface area contributed by atoms with Gasteiger partial charge in [-0.1, -0.05) is 25.3 Å². The number of rotatable bonds is 5. The maximum absolute atomic E-state index is 12.0. The van der Waals surface area contributed by atoms with Crippen molar-refractivity contribution in [3.8, 4) is 5.75 Å². The zero-order chi connectivity index (χ0) is 15.5. The minimum atomic E-state index is -0.786. The zero-order valence-corrected chi connectivity index (χ0v) is 13.2. The summed E-state index contributed by atoms with van der Waals surface area (Å²) in [7, 11) is 5.64. The lowest BCUT2D eigenvalue weighted by molar-refractivity contribution is -0.145. The van der Waals surface area contributed by atoms with Crippen LogP contribution in [0.15, 0.2) is 18.2 Å². The molecule has 1 fully saturated rings. The van der Waals surface area contributed by atoms with E-state index in [4.69, 9.17) is 4.74 Å². The van der Waals surface area contributed by atoms with Gasteiger partial charge in [0.1, 0.15) is 5.75 Å². The number of carbonyl (C=O) groups is 1. The first-order chi connectivity index (χ1) is 9.99. The molecule has 1 saturated carbocycles. The van der Waals surface area contributed by atoms with E-state index in [1.807, 2.05) is 32.3 Å². The lowest BCUT2D eigenvalue weighted by Gasteiger charge is -2.35. The zero-order valence-electron chi connectivity index (χ0n) is 13.2. The Labute approximate surface area is 126 Å². The van der Waals surface area contributed by atoms with Crippen molar-refractivity contribution in [2.45, 2.75) is 44.1 Å². The quantitative estimate of drug-likeness (QED) is 0.906. The van der Waals surface area contributed by atoms with Gasteiger partial charge in [-0.15, -0.1) is 0 Å². The Bertz CT molecular complexity index is 505. The molecule has 1 aromatic rings. The molecular formula is C17H25NO3. The SMILES string of the molecule is COc1ccc(CN(C)C)cc1C1(C(=O)O)CCCCC1. The topological polar surface area (TPSA) is 49.8 Å². The number of carboxylic acids is 1. The smallest absolute Gasteiger partial charge is 0.314 e. The van der Waals surface area contributed by atoms with Gasteiger partial charge in [0.15, 0.2) is 0 Å². The maximum atomic E-state index is 12.0. The van der Waals surface area contributed by atoms with Crippen molar-refractivity contribution in [3.05, 3.63) is 29.3 Å². The third-order valence-corrected chi connectivity index (χ3v) is 4.39. The van der Waals surface area contributed by atoms with Gasteiger partial charge in [-0.25, -0.2) is 0 Å². The fraction of sp³-hybridized carbons (Fsp3) is 0.588. The molecule has 0 saturated heterocycles. The van der Waals surface area contributed by atoms with E-state index < -0.39 is 11.4 Å². The molecule has 21 heavy (non-hydrogen) atoms. The van der Waals surface area contributed by atoms with E-state index in [-0.39, 0.29) is 0 Å². The standard InChI is InChI=1S/C17H25NO3/c1-18(2)12-13-7-8-15(21-3)14(11-13)17(16(19)20)9-5-4-6-10-17/h7-8,11H,4-6,9-10,12H2,1-3H3,(H,19,20). The average Bonchev–Trinajstić information content (AvgIpc) is 2.47. The van der Waals surface area contributed by atoms with Gasteiger partial charge in [-0.2, -0.15) is 0 Å². The van der Waals surface area contributed by atoms with Crippen LogP contribution in [0.1, 0.15) is 43.2 Å². The van der Waals surface area contributed by atoms with E-state index in [2.05, 4.69) is 4.90 Å². The van der Waals surface area contributed by atoms with Gasteiger partial charge in [-0.05, 0) is 44.6 Å². The maximum Gasteiger partial charge on any atom is 0.314 e. The number of aliphatic carboxylic acids is 1. The highest BCUT2D eigenvalue weighted by Crippen LogP contribution is 2.44. The van der Waals surface area contributed by atoms with E-state index in [0.29, 0.717) is 18.6 Å². The van der Waals surface area contributed by atoms with Crippen LogP contribution in [0.25, 0.3) is 0 Å². The fourth-order valence-electron chi connectivity index (χ4n) is 3.35. The average molecular weight is 291 g/mol. The predicted octanol–water partition coefficient (Wildman–Crippen LogP) is 3.04. The lowest BCUT2D eigenvalue weighted by Crippen LogP contribution is -2.38. The van der Waals surface area contributed by atoms with Crippen LogP contribution in [0.3, 0.4) is 0 Å². The first kappa shape index (κ1) is 15.8. The molecule has 0 aliphatic heterocycles. The molecule has 1 N–H and O–H groups in total. The number of nitrogens with zero attached hydrogens (tertiary/aromatic N) is 1. The summed E-state index contributed by atoms with van der Waals surface area (Å²) in [5, 5.41) is 9.87. The summed E-state index contributed by atoms with van der Waals surface area (Å²) < 4.78 is 5.46. The molecule has 0 bridgehead atoms. The second-order valence-electron chi connectivity index (χ2n) is 6.22. The van der Waals surface area contributed by atoms with E-state index in [1.54, 1.807) is 7.11 Å². The van der Waals surface area contributed by atoms with Crippen molar-refractivity contribution >= 4 is 5.97 Å². The first-order valence-electron chi connectivity index (χ1n) is 7.55. The molecule has 0 amide bonds. The Balaban J connectivity index is 2.49. The Morgan fingerprint density at radius 2 is 1.95 bits per heavy atom. The summed E-state index contributed by atoms with van der Waals surface area (Å²) in [4.78, 5) is 14.1. The van der Waals surface area contributed by atoms with Crippen LogP contribution in [-0.4, -0.2) is 37.2 Å². The largest absolute Gasteiger partial charge is 0.496 e. The van der Waals surface area contributed by atoms with Crippen LogP contribution >= 0.6 is 0 Å². The lowest BCUT2D eigenvalue weighted by atomic mass is 9.69. The third-order valence-electron chi connectivity index (χ3n) is 4.39. The summed E-state index contributed by atoms with van der Waals surface area (Å²) in [5.41, 5.74) is 1.19. The molecule has 0 spiro atoms. The van der Waals surface area contributed by atoms with Gasteiger partial charge < -0.3 is 14.7 Å². The summed E-state index contributed by atoms with van der Waals surface area (Å²) in [6.45, 7) is 0.798. The molecule has 1 aromatic carbocycles. The first-order valence-corrected chi connectivity index (χ1v) is 7.55. The number of ether oxygens (including phenoxy) is 1. The minimum Gasteiger partial charge on any atom is -0.496 e. The summed E-state index contributed by atoms with van der Waals surface area (Å²) in [6, 6.07) is 5.95. The van der Waals surface area contributed by atoms with E-state index >= 15 is 0 Å². The van der Waals surface area contributed by atoms with Crippen LogP contribution in [0, 0.1) is 0 Å². The molecule has 0 radical (unpaired) electrons. The highest BCUT2D eigenvalue weighted by atomic mass is 16.5. The van der Waals surface area contributed by atoms with Gasteiger partial charge >= 0.3 is 5.97 Å². The molecule has 0 heterocycles. The van der Waals surface area contributed by atoms with Crippen molar-refractivity contribution < 1.29 is 14.6 Å². The number of benzene rings is 1. The Kier molecular flexibility index (Phi) is 4.88. The molecule has 4 nitrogen and oxygen atoms in total. The van der Waals surface area contributed by atoms with Crippen LogP contribution < -0.4 is 4.74 Å². The second kappa shape index (κ2) is 6.48. The van der Waals surface area contributed by atoms with Crippen LogP contribution in [0.2, 0.25) is 0 Å². The molecule has 4 heteroatoms. The van der Waals surface area contributed by atoms with Gasteiger partial charge in [0.05, 0.1) is 12.5 Å². The number of carboxylic acid groups (broad SMARTS) is 1. The molecule has 1 aliphatic carbocycles. The van der Waals surface area contributed by atoms with Crippen molar-refractivity contribution in [3.63, 3.8) is 0 Å². The number of hydrogen-bond acceptors (Lipinski definition) is 3. The summed E-state index contributed by atoms with van der Waals surface area (Å²) >= 11 is 0.